The zero-order valence-electron chi connectivity index (χ0n) is 11.4. The first kappa shape index (κ1) is 13.8. The van der Waals surface area contributed by atoms with Crippen LogP contribution in [-0.4, -0.2) is 9.78 Å². The standard InChI is InChI=1S/C15H22N4/c1-2-10-19-12-14(11-17-19)15(18-16)9-8-13-6-4-3-5-7-13/h3-7,11-12,15,18H,2,8-10,16H2,1H3. The lowest BCUT2D eigenvalue weighted by atomic mass is 10.0. The minimum atomic E-state index is 0.158. The summed E-state index contributed by atoms with van der Waals surface area (Å²) >= 11 is 0. The van der Waals surface area contributed by atoms with Crippen molar-refractivity contribution in [3.8, 4) is 0 Å². The van der Waals surface area contributed by atoms with Gasteiger partial charge in [0, 0.05) is 24.3 Å². The van der Waals surface area contributed by atoms with Gasteiger partial charge in [0.1, 0.15) is 0 Å². The fourth-order valence-corrected chi connectivity index (χ4v) is 2.21. The molecule has 0 spiro atoms. The van der Waals surface area contributed by atoms with Crippen molar-refractivity contribution in [3.63, 3.8) is 0 Å². The maximum absolute atomic E-state index is 5.67. The van der Waals surface area contributed by atoms with Crippen molar-refractivity contribution in [1.29, 1.82) is 0 Å². The number of rotatable bonds is 7. The second-order valence-corrected chi connectivity index (χ2v) is 4.78. The molecule has 1 aromatic heterocycles. The van der Waals surface area contributed by atoms with Crippen LogP contribution in [0.3, 0.4) is 0 Å². The fraction of sp³-hybridized carbons (Fsp3) is 0.400. The smallest absolute Gasteiger partial charge is 0.0538 e. The molecule has 0 aliphatic heterocycles. The number of nitrogens with two attached hydrogens (primary N) is 1. The summed E-state index contributed by atoms with van der Waals surface area (Å²) in [5, 5.41) is 4.35. The molecular formula is C15H22N4. The number of nitrogens with one attached hydrogen (secondary N) is 1. The highest BCUT2D eigenvalue weighted by Crippen LogP contribution is 2.18. The van der Waals surface area contributed by atoms with Crippen molar-refractivity contribution in [2.24, 2.45) is 5.84 Å². The largest absolute Gasteiger partial charge is 0.272 e. The molecule has 102 valence electrons. The van der Waals surface area contributed by atoms with Crippen LogP contribution in [0.5, 0.6) is 0 Å². The molecule has 19 heavy (non-hydrogen) atoms. The van der Waals surface area contributed by atoms with Gasteiger partial charge in [-0.3, -0.25) is 16.0 Å². The van der Waals surface area contributed by atoms with E-state index in [1.54, 1.807) is 0 Å². The van der Waals surface area contributed by atoms with Gasteiger partial charge in [0.15, 0.2) is 0 Å². The molecule has 2 rings (SSSR count). The predicted octanol–water partition coefficient (Wildman–Crippen LogP) is 2.43. The first-order valence-electron chi connectivity index (χ1n) is 6.86. The summed E-state index contributed by atoms with van der Waals surface area (Å²) < 4.78 is 1.97. The molecule has 0 aliphatic carbocycles. The predicted molar refractivity (Wildman–Crippen MR) is 77.3 cm³/mol. The maximum atomic E-state index is 5.67. The fourth-order valence-electron chi connectivity index (χ4n) is 2.21. The van der Waals surface area contributed by atoms with E-state index < -0.39 is 0 Å². The topological polar surface area (TPSA) is 55.9 Å². The van der Waals surface area contributed by atoms with E-state index in [1.165, 1.54) is 5.56 Å². The van der Waals surface area contributed by atoms with Gasteiger partial charge in [-0.2, -0.15) is 5.10 Å². The van der Waals surface area contributed by atoms with Crippen molar-refractivity contribution in [1.82, 2.24) is 15.2 Å². The van der Waals surface area contributed by atoms with Crippen molar-refractivity contribution in [2.45, 2.75) is 38.8 Å². The Hall–Kier alpha value is -1.65. The Bertz CT molecular complexity index is 478. The van der Waals surface area contributed by atoms with E-state index in [0.29, 0.717) is 0 Å². The number of nitrogens with zero attached hydrogens (tertiary/aromatic N) is 2. The molecule has 1 heterocycles. The third kappa shape index (κ3) is 3.91. The van der Waals surface area contributed by atoms with E-state index in [4.69, 9.17) is 5.84 Å². The van der Waals surface area contributed by atoms with Crippen molar-refractivity contribution in [2.75, 3.05) is 0 Å². The van der Waals surface area contributed by atoms with Crippen molar-refractivity contribution in [3.05, 3.63) is 53.9 Å². The van der Waals surface area contributed by atoms with Crippen LogP contribution in [0, 0.1) is 0 Å². The van der Waals surface area contributed by atoms with E-state index in [-0.39, 0.29) is 6.04 Å². The number of aromatic nitrogens is 2. The molecular weight excluding hydrogens is 236 g/mol. The van der Waals surface area contributed by atoms with Crippen LogP contribution >= 0.6 is 0 Å². The average Bonchev–Trinajstić information content (AvgIpc) is 2.90. The summed E-state index contributed by atoms with van der Waals surface area (Å²) in [5.41, 5.74) is 5.39. The third-order valence-electron chi connectivity index (χ3n) is 3.27. The first-order valence-corrected chi connectivity index (χ1v) is 6.86. The van der Waals surface area contributed by atoms with Crippen LogP contribution in [0.25, 0.3) is 0 Å². The molecule has 0 saturated carbocycles. The lowest BCUT2D eigenvalue weighted by molar-refractivity contribution is 0.515. The number of hydrogen-bond acceptors (Lipinski definition) is 3. The number of aryl methyl sites for hydroxylation is 2. The Balaban J connectivity index is 1.95. The highest BCUT2D eigenvalue weighted by molar-refractivity contribution is 5.16. The Labute approximate surface area is 114 Å². The van der Waals surface area contributed by atoms with E-state index in [1.807, 2.05) is 16.9 Å². The molecule has 1 unspecified atom stereocenters. The van der Waals surface area contributed by atoms with Gasteiger partial charge >= 0.3 is 0 Å². The summed E-state index contributed by atoms with van der Waals surface area (Å²) in [6.07, 6.45) is 7.06. The Morgan fingerprint density at radius 1 is 1.32 bits per heavy atom. The molecule has 0 amide bonds. The van der Waals surface area contributed by atoms with Crippen molar-refractivity contribution < 1.29 is 0 Å². The van der Waals surface area contributed by atoms with Crippen LogP contribution in [0.2, 0.25) is 0 Å². The molecule has 1 atom stereocenters. The molecule has 1 aromatic carbocycles. The van der Waals surface area contributed by atoms with Crippen molar-refractivity contribution >= 4 is 0 Å². The lowest BCUT2D eigenvalue weighted by Crippen LogP contribution is -2.28. The third-order valence-corrected chi connectivity index (χ3v) is 3.27. The monoisotopic (exact) mass is 258 g/mol. The van der Waals surface area contributed by atoms with Crippen LogP contribution < -0.4 is 11.3 Å². The summed E-state index contributed by atoms with van der Waals surface area (Å²) in [4.78, 5) is 0. The minimum absolute atomic E-state index is 0.158. The lowest BCUT2D eigenvalue weighted by Gasteiger charge is -2.13. The Morgan fingerprint density at radius 3 is 2.79 bits per heavy atom. The average molecular weight is 258 g/mol. The molecule has 0 aliphatic rings. The Kier molecular flexibility index (Phi) is 5.12. The van der Waals surface area contributed by atoms with Crippen LogP contribution in [0.1, 0.15) is 36.9 Å². The summed E-state index contributed by atoms with van der Waals surface area (Å²) in [6.45, 7) is 3.10. The van der Waals surface area contributed by atoms with E-state index in [2.05, 4.69) is 47.9 Å². The van der Waals surface area contributed by atoms with Crippen LogP contribution in [0.4, 0.5) is 0 Å². The molecule has 3 N–H and O–H groups in total. The van der Waals surface area contributed by atoms with Gasteiger partial charge < -0.3 is 0 Å². The van der Waals surface area contributed by atoms with Gasteiger partial charge in [-0.1, -0.05) is 37.3 Å². The number of hydrogen-bond donors (Lipinski definition) is 2. The van der Waals surface area contributed by atoms with Gasteiger partial charge in [0.05, 0.1) is 6.20 Å². The SMILES string of the molecule is CCCn1cc(C(CCc2ccccc2)NN)cn1. The highest BCUT2D eigenvalue weighted by atomic mass is 15.3. The summed E-state index contributed by atoms with van der Waals surface area (Å²) in [6, 6.07) is 10.6. The second kappa shape index (κ2) is 7.07. The Morgan fingerprint density at radius 2 is 2.11 bits per heavy atom. The zero-order valence-corrected chi connectivity index (χ0v) is 11.4. The van der Waals surface area contributed by atoms with Gasteiger partial charge in [-0.15, -0.1) is 0 Å². The first-order chi connectivity index (χ1) is 9.33. The minimum Gasteiger partial charge on any atom is -0.272 e. The van der Waals surface area contributed by atoms with Gasteiger partial charge in [0.25, 0.3) is 0 Å². The summed E-state index contributed by atoms with van der Waals surface area (Å²) in [7, 11) is 0. The second-order valence-electron chi connectivity index (χ2n) is 4.78. The van der Waals surface area contributed by atoms with E-state index in [9.17, 15) is 0 Å². The van der Waals surface area contributed by atoms with E-state index in [0.717, 1.165) is 31.4 Å². The molecule has 4 heteroatoms. The molecule has 0 radical (unpaired) electrons. The van der Waals surface area contributed by atoms with Gasteiger partial charge in [0.2, 0.25) is 0 Å². The molecule has 4 nitrogen and oxygen atoms in total. The van der Waals surface area contributed by atoms with Crippen LogP contribution in [0.15, 0.2) is 42.7 Å². The molecule has 2 aromatic rings. The summed E-state index contributed by atoms with van der Waals surface area (Å²) in [5.74, 6) is 5.67. The number of hydrazine groups is 1. The van der Waals surface area contributed by atoms with E-state index >= 15 is 0 Å². The normalized spacial score (nSPS) is 12.5. The highest BCUT2D eigenvalue weighted by Gasteiger charge is 2.11. The molecule has 0 bridgehead atoms. The number of benzene rings is 1. The molecule has 0 fully saturated rings. The van der Waals surface area contributed by atoms with Crippen LogP contribution in [-0.2, 0) is 13.0 Å². The van der Waals surface area contributed by atoms with Gasteiger partial charge in [-0.25, -0.2) is 0 Å². The molecule has 0 saturated heterocycles. The van der Waals surface area contributed by atoms with Gasteiger partial charge in [-0.05, 0) is 24.8 Å². The maximum Gasteiger partial charge on any atom is 0.0538 e. The zero-order chi connectivity index (χ0) is 13.5. The quantitative estimate of drug-likeness (QED) is 0.592.